The zero-order chi connectivity index (χ0) is 22.5. The molecule has 7 heteroatoms. The number of hydrogen-bond acceptors (Lipinski definition) is 5. The summed E-state index contributed by atoms with van der Waals surface area (Å²) >= 11 is 0. The highest BCUT2D eigenvalue weighted by molar-refractivity contribution is 6.22. The Bertz CT molecular complexity index is 951. The minimum absolute atomic E-state index is 0.0331. The summed E-state index contributed by atoms with van der Waals surface area (Å²) in [7, 11) is 1.25. The molecule has 1 aliphatic rings. The first-order valence-electron chi connectivity index (χ1n) is 10.2. The summed E-state index contributed by atoms with van der Waals surface area (Å²) in [6.07, 6.45) is 0.506. The van der Waals surface area contributed by atoms with Gasteiger partial charge in [-0.15, -0.1) is 0 Å². The van der Waals surface area contributed by atoms with Crippen LogP contribution in [0.15, 0.2) is 54.6 Å². The van der Waals surface area contributed by atoms with Gasteiger partial charge in [0.1, 0.15) is 12.1 Å². The average molecular weight is 422 g/mol. The van der Waals surface area contributed by atoms with Crippen LogP contribution >= 0.6 is 0 Å². The number of methoxy groups -OCH3 is 1. The Kier molecular flexibility index (Phi) is 6.84. The van der Waals surface area contributed by atoms with E-state index < -0.39 is 35.8 Å². The molecular formula is C24H26N2O5. The molecule has 7 nitrogen and oxygen atoms in total. The summed E-state index contributed by atoms with van der Waals surface area (Å²) < 4.78 is 4.86. The van der Waals surface area contributed by atoms with Gasteiger partial charge in [-0.3, -0.25) is 19.3 Å². The van der Waals surface area contributed by atoms with E-state index in [4.69, 9.17) is 4.74 Å². The van der Waals surface area contributed by atoms with Gasteiger partial charge in [0.05, 0.1) is 18.2 Å². The largest absolute Gasteiger partial charge is 0.467 e. The average Bonchev–Trinajstić information content (AvgIpc) is 3.02. The van der Waals surface area contributed by atoms with Crippen molar-refractivity contribution in [2.45, 2.75) is 38.8 Å². The van der Waals surface area contributed by atoms with E-state index in [1.165, 1.54) is 7.11 Å². The Labute approximate surface area is 181 Å². The van der Waals surface area contributed by atoms with Gasteiger partial charge in [0.2, 0.25) is 5.91 Å². The van der Waals surface area contributed by atoms with E-state index in [2.05, 4.69) is 5.32 Å². The van der Waals surface area contributed by atoms with Crippen LogP contribution in [-0.4, -0.2) is 47.8 Å². The van der Waals surface area contributed by atoms with E-state index >= 15 is 0 Å². The fourth-order valence-corrected chi connectivity index (χ4v) is 3.72. The molecule has 0 saturated heterocycles. The number of fused-ring (bicyclic) bond motifs is 1. The van der Waals surface area contributed by atoms with Crippen molar-refractivity contribution in [1.29, 1.82) is 0 Å². The maximum atomic E-state index is 13.3. The van der Waals surface area contributed by atoms with Gasteiger partial charge in [-0.2, -0.15) is 0 Å². The molecule has 1 aliphatic heterocycles. The molecule has 1 N–H and O–H groups in total. The van der Waals surface area contributed by atoms with Gasteiger partial charge >= 0.3 is 5.97 Å². The molecule has 0 fully saturated rings. The molecular weight excluding hydrogens is 396 g/mol. The number of rotatable bonds is 8. The van der Waals surface area contributed by atoms with Crippen LogP contribution in [0.25, 0.3) is 0 Å². The van der Waals surface area contributed by atoms with Gasteiger partial charge in [0.25, 0.3) is 11.8 Å². The molecule has 3 amide bonds. The second kappa shape index (κ2) is 9.55. The van der Waals surface area contributed by atoms with Crippen LogP contribution in [0, 0.1) is 5.92 Å². The Morgan fingerprint density at radius 1 is 0.935 bits per heavy atom. The number of nitrogens with zero attached hydrogens (tertiary/aromatic N) is 1. The van der Waals surface area contributed by atoms with Crippen LogP contribution in [0.2, 0.25) is 0 Å². The molecule has 3 rings (SSSR count). The molecule has 0 radical (unpaired) electrons. The molecule has 0 unspecified atom stereocenters. The third-order valence-electron chi connectivity index (χ3n) is 5.22. The molecule has 162 valence electrons. The van der Waals surface area contributed by atoms with Crippen LogP contribution in [-0.2, 0) is 20.7 Å². The van der Waals surface area contributed by atoms with Gasteiger partial charge in [0.15, 0.2) is 0 Å². The minimum Gasteiger partial charge on any atom is -0.467 e. The number of carbonyl (C=O) groups is 4. The number of imide groups is 1. The fraction of sp³-hybridized carbons (Fsp3) is 0.333. The zero-order valence-electron chi connectivity index (χ0n) is 17.8. The summed E-state index contributed by atoms with van der Waals surface area (Å²) in [5, 5.41) is 2.71. The second-order valence-corrected chi connectivity index (χ2v) is 7.95. The molecule has 0 aliphatic carbocycles. The maximum absolute atomic E-state index is 13.3. The van der Waals surface area contributed by atoms with Gasteiger partial charge in [-0.25, -0.2) is 4.79 Å². The van der Waals surface area contributed by atoms with Crippen molar-refractivity contribution in [2.75, 3.05) is 7.11 Å². The fourth-order valence-electron chi connectivity index (χ4n) is 3.72. The molecule has 2 aromatic rings. The topological polar surface area (TPSA) is 92.8 Å². The standard InChI is InChI=1S/C24H26N2O5/c1-15(2)13-20(26-22(28)17-11-7-8-12-18(17)23(26)29)21(27)25-19(24(30)31-3)14-16-9-5-4-6-10-16/h4-12,15,19-20H,13-14H2,1-3H3,(H,25,27)/t19-,20-/m0/s1. The summed E-state index contributed by atoms with van der Waals surface area (Å²) in [5.41, 5.74) is 1.41. The van der Waals surface area contributed by atoms with Crippen molar-refractivity contribution >= 4 is 23.7 Å². The van der Waals surface area contributed by atoms with E-state index in [0.717, 1.165) is 10.5 Å². The SMILES string of the molecule is COC(=O)[C@H](Cc1ccccc1)NC(=O)[C@H](CC(C)C)N1C(=O)c2ccccc2C1=O. The molecule has 1 heterocycles. The lowest BCUT2D eigenvalue weighted by atomic mass is 10.00. The molecule has 2 atom stereocenters. The second-order valence-electron chi connectivity index (χ2n) is 7.95. The summed E-state index contributed by atoms with van der Waals surface area (Å²) in [4.78, 5) is 52.5. The monoisotopic (exact) mass is 422 g/mol. The van der Waals surface area contributed by atoms with E-state index in [1.807, 2.05) is 44.2 Å². The van der Waals surface area contributed by atoms with E-state index in [-0.39, 0.29) is 29.9 Å². The molecule has 0 saturated carbocycles. The van der Waals surface area contributed by atoms with Crippen molar-refractivity contribution in [3.05, 3.63) is 71.3 Å². The lowest BCUT2D eigenvalue weighted by Gasteiger charge is -2.28. The molecule has 2 aromatic carbocycles. The molecule has 0 bridgehead atoms. The summed E-state index contributed by atoms with van der Waals surface area (Å²) in [6, 6.07) is 13.8. The predicted molar refractivity (Wildman–Crippen MR) is 114 cm³/mol. The highest BCUT2D eigenvalue weighted by Gasteiger charge is 2.43. The lowest BCUT2D eigenvalue weighted by molar-refractivity contribution is -0.145. The minimum atomic E-state index is -1.03. The molecule has 0 aromatic heterocycles. The van der Waals surface area contributed by atoms with Crippen molar-refractivity contribution in [3.63, 3.8) is 0 Å². The quantitative estimate of drug-likeness (QED) is 0.521. The Morgan fingerprint density at radius 2 is 1.48 bits per heavy atom. The third-order valence-corrected chi connectivity index (χ3v) is 5.22. The van der Waals surface area contributed by atoms with E-state index in [9.17, 15) is 19.2 Å². The summed E-state index contributed by atoms with van der Waals surface area (Å²) in [6.45, 7) is 3.81. The van der Waals surface area contributed by atoms with Crippen LogP contribution in [0.3, 0.4) is 0 Å². The third kappa shape index (κ3) is 4.82. The van der Waals surface area contributed by atoms with Crippen LogP contribution in [0.5, 0.6) is 0 Å². The van der Waals surface area contributed by atoms with Crippen LogP contribution in [0.4, 0.5) is 0 Å². The predicted octanol–water partition coefficient (Wildman–Crippen LogP) is 2.60. The normalized spacial score (nSPS) is 14.9. The lowest BCUT2D eigenvalue weighted by Crippen LogP contribution is -2.54. The number of esters is 1. The Morgan fingerprint density at radius 3 is 2.00 bits per heavy atom. The van der Waals surface area contributed by atoms with Crippen LogP contribution < -0.4 is 5.32 Å². The highest BCUT2D eigenvalue weighted by atomic mass is 16.5. The number of hydrogen-bond donors (Lipinski definition) is 1. The Balaban J connectivity index is 1.86. The van der Waals surface area contributed by atoms with Crippen molar-refractivity contribution in [2.24, 2.45) is 5.92 Å². The molecule has 0 spiro atoms. The van der Waals surface area contributed by atoms with Crippen molar-refractivity contribution in [3.8, 4) is 0 Å². The van der Waals surface area contributed by atoms with Crippen molar-refractivity contribution in [1.82, 2.24) is 10.2 Å². The first-order valence-corrected chi connectivity index (χ1v) is 10.2. The zero-order valence-corrected chi connectivity index (χ0v) is 17.8. The number of nitrogens with one attached hydrogen (secondary N) is 1. The first kappa shape index (κ1) is 22.2. The summed E-state index contributed by atoms with van der Waals surface area (Å²) in [5.74, 6) is -2.12. The van der Waals surface area contributed by atoms with Gasteiger partial charge < -0.3 is 10.1 Å². The van der Waals surface area contributed by atoms with E-state index in [0.29, 0.717) is 0 Å². The van der Waals surface area contributed by atoms with Crippen molar-refractivity contribution < 1.29 is 23.9 Å². The van der Waals surface area contributed by atoms with E-state index in [1.54, 1.807) is 24.3 Å². The number of carbonyl (C=O) groups excluding carboxylic acids is 4. The van der Waals surface area contributed by atoms with Crippen LogP contribution in [0.1, 0.15) is 46.5 Å². The van der Waals surface area contributed by atoms with Gasteiger partial charge in [-0.1, -0.05) is 56.3 Å². The Hall–Kier alpha value is -3.48. The number of amides is 3. The smallest absolute Gasteiger partial charge is 0.328 e. The first-order chi connectivity index (χ1) is 14.8. The number of ether oxygens (including phenoxy) is 1. The number of benzene rings is 2. The van der Waals surface area contributed by atoms with Gasteiger partial charge in [0, 0.05) is 6.42 Å². The maximum Gasteiger partial charge on any atom is 0.328 e. The highest BCUT2D eigenvalue weighted by Crippen LogP contribution is 2.27. The molecule has 31 heavy (non-hydrogen) atoms. The van der Waals surface area contributed by atoms with Gasteiger partial charge in [-0.05, 0) is 30.0 Å².